The van der Waals surface area contributed by atoms with E-state index in [0.717, 1.165) is 11.4 Å². The lowest BCUT2D eigenvalue weighted by Gasteiger charge is -2.12. The van der Waals surface area contributed by atoms with Crippen molar-refractivity contribution in [1.82, 2.24) is 20.3 Å². The zero-order valence-electron chi connectivity index (χ0n) is 15.5. The molecule has 2 amide bonds. The summed E-state index contributed by atoms with van der Waals surface area (Å²) in [5.41, 5.74) is 1.92. The van der Waals surface area contributed by atoms with Crippen LogP contribution >= 0.6 is 0 Å². The number of hydrogen-bond acceptors (Lipinski definition) is 6. The van der Waals surface area contributed by atoms with Gasteiger partial charge in [0.25, 0.3) is 0 Å². The van der Waals surface area contributed by atoms with Crippen LogP contribution in [0.5, 0.6) is 5.75 Å². The van der Waals surface area contributed by atoms with Gasteiger partial charge in [-0.2, -0.15) is 0 Å². The molecule has 0 saturated heterocycles. The van der Waals surface area contributed by atoms with Crippen molar-refractivity contribution >= 4 is 34.5 Å². The molecule has 0 fully saturated rings. The Morgan fingerprint density at radius 1 is 1.15 bits per heavy atom. The predicted molar refractivity (Wildman–Crippen MR) is 106 cm³/mol. The molecule has 2 aromatic heterocycles. The first kappa shape index (κ1) is 18.4. The summed E-state index contributed by atoms with van der Waals surface area (Å²) in [6, 6.07) is 11.0. The van der Waals surface area contributed by atoms with Crippen LogP contribution in [-0.2, 0) is 0 Å². The van der Waals surface area contributed by atoms with Gasteiger partial charge in [0.1, 0.15) is 17.1 Å². The van der Waals surface area contributed by atoms with Crippen LogP contribution in [0.3, 0.4) is 0 Å². The summed E-state index contributed by atoms with van der Waals surface area (Å²) in [6.45, 7) is 6.33. The second-order valence-corrected chi connectivity index (χ2v) is 6.10. The van der Waals surface area contributed by atoms with E-state index in [1.54, 1.807) is 0 Å². The topological polar surface area (TPSA) is 101 Å². The van der Waals surface area contributed by atoms with Gasteiger partial charge in [0.2, 0.25) is 0 Å². The molecule has 140 valence electrons. The molecule has 3 rings (SSSR count). The number of benzene rings is 1. The van der Waals surface area contributed by atoms with E-state index in [1.807, 2.05) is 57.2 Å². The van der Waals surface area contributed by atoms with Gasteiger partial charge in [-0.1, -0.05) is 6.07 Å². The summed E-state index contributed by atoms with van der Waals surface area (Å²) in [5.74, 6) is 1.74. The number of amides is 2. The van der Waals surface area contributed by atoms with Gasteiger partial charge in [0.05, 0.1) is 12.3 Å². The maximum atomic E-state index is 11.6. The Hall–Kier alpha value is -3.42. The summed E-state index contributed by atoms with van der Waals surface area (Å²) >= 11 is 0. The third kappa shape index (κ3) is 5.04. The molecule has 1 aromatic carbocycles. The van der Waals surface area contributed by atoms with Crippen LogP contribution in [0.2, 0.25) is 0 Å². The van der Waals surface area contributed by atoms with Crippen LogP contribution in [0, 0.1) is 0 Å². The Morgan fingerprint density at radius 3 is 2.74 bits per heavy atom. The Kier molecular flexibility index (Phi) is 5.65. The molecule has 0 radical (unpaired) electrons. The number of carbonyl (C=O) groups excluding carboxylic acids is 1. The van der Waals surface area contributed by atoms with Crippen LogP contribution in [0.15, 0.2) is 42.6 Å². The van der Waals surface area contributed by atoms with Crippen molar-refractivity contribution < 1.29 is 9.53 Å². The molecular formula is C19H22N6O2. The molecule has 8 nitrogen and oxygen atoms in total. The van der Waals surface area contributed by atoms with Crippen molar-refractivity contribution in [3.8, 4) is 5.75 Å². The number of hydrogen-bond donors (Lipinski definition) is 3. The summed E-state index contributed by atoms with van der Waals surface area (Å²) in [5, 5.41) is 8.50. The molecule has 3 N–H and O–H groups in total. The predicted octanol–water partition coefficient (Wildman–Crippen LogP) is 3.70. The highest BCUT2D eigenvalue weighted by Crippen LogP contribution is 2.22. The van der Waals surface area contributed by atoms with Crippen molar-refractivity contribution in [3.63, 3.8) is 0 Å². The summed E-state index contributed by atoms with van der Waals surface area (Å²) in [6.07, 6.45) is 1.60. The quantitative estimate of drug-likeness (QED) is 0.615. The van der Waals surface area contributed by atoms with Crippen LogP contribution in [0.1, 0.15) is 20.8 Å². The van der Waals surface area contributed by atoms with Crippen molar-refractivity contribution in [2.45, 2.75) is 26.9 Å². The molecule has 0 aliphatic carbocycles. The third-order valence-corrected chi connectivity index (χ3v) is 3.46. The minimum Gasteiger partial charge on any atom is -0.491 e. The lowest BCUT2D eigenvalue weighted by Crippen LogP contribution is -2.28. The monoisotopic (exact) mass is 366 g/mol. The lowest BCUT2D eigenvalue weighted by molar-refractivity contribution is 0.242. The van der Waals surface area contributed by atoms with Crippen molar-refractivity contribution in [1.29, 1.82) is 0 Å². The Labute approximate surface area is 157 Å². The molecule has 0 spiro atoms. The molecule has 0 aliphatic rings. The molecule has 27 heavy (non-hydrogen) atoms. The van der Waals surface area contributed by atoms with Crippen molar-refractivity contribution in [3.05, 3.63) is 42.6 Å². The van der Waals surface area contributed by atoms with Gasteiger partial charge in [-0.05, 0) is 45.0 Å². The Morgan fingerprint density at radius 2 is 1.96 bits per heavy atom. The van der Waals surface area contributed by atoms with E-state index in [2.05, 4.69) is 30.9 Å². The fraction of sp³-hybridized carbons (Fsp3) is 0.263. The summed E-state index contributed by atoms with van der Waals surface area (Å²) in [4.78, 5) is 24.7. The normalized spacial score (nSPS) is 10.7. The standard InChI is InChI=1S/C19H22N6O2/c1-4-20-19(26)25-17-11-21-15-8-9-16(23-18(15)24-17)22-13-6-5-7-14(10-13)27-12(2)3/h5-12H,4H2,1-3H3,(H3,20,22,23,24,25,26). The summed E-state index contributed by atoms with van der Waals surface area (Å²) in [7, 11) is 0. The van der Waals surface area contributed by atoms with Crippen molar-refractivity contribution in [2.24, 2.45) is 0 Å². The second-order valence-electron chi connectivity index (χ2n) is 6.10. The van der Waals surface area contributed by atoms with Gasteiger partial charge in [0.15, 0.2) is 11.5 Å². The molecule has 0 atom stereocenters. The zero-order valence-corrected chi connectivity index (χ0v) is 15.5. The van der Waals surface area contributed by atoms with E-state index < -0.39 is 0 Å². The molecule has 3 aromatic rings. The molecule has 0 unspecified atom stereocenters. The highest BCUT2D eigenvalue weighted by atomic mass is 16.5. The van der Waals surface area contributed by atoms with Gasteiger partial charge >= 0.3 is 6.03 Å². The van der Waals surface area contributed by atoms with Gasteiger partial charge < -0.3 is 15.4 Å². The van der Waals surface area contributed by atoms with E-state index >= 15 is 0 Å². The van der Waals surface area contributed by atoms with Gasteiger partial charge in [-0.25, -0.2) is 19.7 Å². The molecule has 0 saturated carbocycles. The largest absolute Gasteiger partial charge is 0.491 e. The van der Waals surface area contributed by atoms with E-state index in [9.17, 15) is 4.79 Å². The number of fused-ring (bicyclic) bond motifs is 1. The highest BCUT2D eigenvalue weighted by Gasteiger charge is 2.07. The minimum atomic E-state index is -0.331. The first-order chi connectivity index (χ1) is 13.0. The maximum Gasteiger partial charge on any atom is 0.320 e. The van der Waals surface area contributed by atoms with Crippen molar-refractivity contribution in [2.75, 3.05) is 17.2 Å². The number of pyridine rings is 1. The minimum absolute atomic E-state index is 0.102. The fourth-order valence-electron chi connectivity index (χ4n) is 2.42. The molecular weight excluding hydrogens is 344 g/mol. The Bertz CT molecular complexity index is 944. The van der Waals surface area contributed by atoms with Crippen LogP contribution in [-0.4, -0.2) is 33.6 Å². The fourth-order valence-corrected chi connectivity index (χ4v) is 2.42. The SMILES string of the molecule is CCNC(=O)Nc1cnc2ccc(Nc3cccc(OC(C)C)c3)nc2n1. The second kappa shape index (κ2) is 8.31. The average molecular weight is 366 g/mol. The molecule has 2 heterocycles. The number of ether oxygens (including phenoxy) is 1. The number of aromatic nitrogens is 3. The Balaban J connectivity index is 1.80. The van der Waals surface area contributed by atoms with Crippen LogP contribution in [0.4, 0.5) is 22.1 Å². The van der Waals surface area contributed by atoms with Crippen LogP contribution in [0.25, 0.3) is 11.2 Å². The van der Waals surface area contributed by atoms with Gasteiger partial charge in [0, 0.05) is 18.3 Å². The number of carbonyl (C=O) groups is 1. The van der Waals surface area contributed by atoms with Gasteiger partial charge in [-0.15, -0.1) is 0 Å². The lowest BCUT2D eigenvalue weighted by atomic mass is 10.3. The summed E-state index contributed by atoms with van der Waals surface area (Å²) < 4.78 is 5.71. The zero-order chi connectivity index (χ0) is 19.2. The number of nitrogens with zero attached hydrogens (tertiary/aromatic N) is 3. The van der Waals surface area contributed by atoms with Crippen LogP contribution < -0.4 is 20.7 Å². The number of nitrogens with one attached hydrogen (secondary N) is 3. The maximum absolute atomic E-state index is 11.6. The highest BCUT2D eigenvalue weighted by molar-refractivity contribution is 5.89. The molecule has 0 aliphatic heterocycles. The first-order valence-corrected chi connectivity index (χ1v) is 8.76. The number of rotatable bonds is 6. The third-order valence-electron chi connectivity index (χ3n) is 3.46. The van der Waals surface area contributed by atoms with E-state index in [4.69, 9.17) is 4.74 Å². The molecule has 0 bridgehead atoms. The van der Waals surface area contributed by atoms with E-state index in [-0.39, 0.29) is 12.1 Å². The van der Waals surface area contributed by atoms with E-state index in [0.29, 0.717) is 29.3 Å². The smallest absolute Gasteiger partial charge is 0.320 e. The van der Waals surface area contributed by atoms with Gasteiger partial charge in [-0.3, -0.25) is 5.32 Å². The number of urea groups is 1. The number of anilines is 3. The first-order valence-electron chi connectivity index (χ1n) is 8.76. The average Bonchev–Trinajstić information content (AvgIpc) is 2.61. The van der Waals surface area contributed by atoms with E-state index in [1.165, 1.54) is 6.20 Å². The molecule has 8 heteroatoms.